The van der Waals surface area contributed by atoms with Crippen LogP contribution in [0.3, 0.4) is 0 Å². The summed E-state index contributed by atoms with van der Waals surface area (Å²) in [5, 5.41) is 3.77. The van der Waals surface area contributed by atoms with Gasteiger partial charge in [-0.15, -0.1) is 0 Å². The number of hydrogen-bond donors (Lipinski definition) is 1. The molecule has 3 atom stereocenters. The molecule has 0 bridgehead atoms. The standard InChI is InChI=1S/C19H30N2/c1-16-7-5-10-19(13-16)21-12-6-11-20-18(15-21)14-17-8-3-2-4-9-17/h2-4,8-9,16,18-20H,5-7,10-15H2,1H3. The van der Waals surface area contributed by atoms with Crippen molar-refractivity contribution in [3.05, 3.63) is 35.9 Å². The van der Waals surface area contributed by atoms with Gasteiger partial charge in [0.15, 0.2) is 0 Å². The van der Waals surface area contributed by atoms with Crippen molar-refractivity contribution in [3.63, 3.8) is 0 Å². The zero-order valence-electron chi connectivity index (χ0n) is 13.4. The lowest BCUT2D eigenvalue weighted by Crippen LogP contribution is -2.45. The molecule has 2 fully saturated rings. The van der Waals surface area contributed by atoms with Crippen LogP contribution in [0.1, 0.15) is 44.6 Å². The molecule has 1 aromatic rings. The zero-order valence-corrected chi connectivity index (χ0v) is 13.4. The van der Waals surface area contributed by atoms with Crippen molar-refractivity contribution in [2.24, 2.45) is 5.92 Å². The van der Waals surface area contributed by atoms with Gasteiger partial charge in [-0.3, -0.25) is 4.90 Å². The summed E-state index contributed by atoms with van der Waals surface area (Å²) in [5.74, 6) is 0.924. The van der Waals surface area contributed by atoms with E-state index < -0.39 is 0 Å². The normalized spacial score (nSPS) is 31.8. The lowest BCUT2D eigenvalue weighted by atomic mass is 9.86. The van der Waals surface area contributed by atoms with Gasteiger partial charge in [0.1, 0.15) is 0 Å². The monoisotopic (exact) mass is 286 g/mol. The number of rotatable bonds is 3. The lowest BCUT2D eigenvalue weighted by molar-refractivity contribution is 0.132. The predicted octanol–water partition coefficient (Wildman–Crippen LogP) is 3.47. The molecule has 0 radical (unpaired) electrons. The van der Waals surface area contributed by atoms with Gasteiger partial charge >= 0.3 is 0 Å². The summed E-state index contributed by atoms with van der Waals surface area (Å²) in [7, 11) is 0. The lowest BCUT2D eigenvalue weighted by Gasteiger charge is -2.37. The topological polar surface area (TPSA) is 15.3 Å². The van der Waals surface area contributed by atoms with E-state index in [-0.39, 0.29) is 0 Å². The molecule has 1 aliphatic carbocycles. The highest BCUT2D eigenvalue weighted by molar-refractivity contribution is 5.16. The van der Waals surface area contributed by atoms with Crippen molar-refractivity contribution in [1.29, 1.82) is 0 Å². The summed E-state index contributed by atoms with van der Waals surface area (Å²) < 4.78 is 0. The van der Waals surface area contributed by atoms with E-state index in [2.05, 4.69) is 47.5 Å². The molecule has 0 amide bonds. The average Bonchev–Trinajstić information content (AvgIpc) is 2.74. The first-order valence-electron chi connectivity index (χ1n) is 8.82. The van der Waals surface area contributed by atoms with Crippen molar-refractivity contribution >= 4 is 0 Å². The molecule has 0 spiro atoms. The maximum Gasteiger partial charge on any atom is 0.0235 e. The van der Waals surface area contributed by atoms with E-state index >= 15 is 0 Å². The van der Waals surface area contributed by atoms with Crippen LogP contribution in [0, 0.1) is 5.92 Å². The highest BCUT2D eigenvalue weighted by Crippen LogP contribution is 2.28. The maximum absolute atomic E-state index is 3.77. The molecule has 3 unspecified atom stereocenters. The van der Waals surface area contributed by atoms with Crippen molar-refractivity contribution in [2.75, 3.05) is 19.6 Å². The van der Waals surface area contributed by atoms with Gasteiger partial charge in [-0.25, -0.2) is 0 Å². The molecule has 1 saturated carbocycles. The van der Waals surface area contributed by atoms with Gasteiger partial charge in [0.25, 0.3) is 0 Å². The number of hydrogen-bond acceptors (Lipinski definition) is 2. The average molecular weight is 286 g/mol. The van der Waals surface area contributed by atoms with E-state index in [1.165, 1.54) is 63.7 Å². The highest BCUT2D eigenvalue weighted by Gasteiger charge is 2.27. The Balaban J connectivity index is 1.60. The molecule has 1 heterocycles. The fourth-order valence-electron chi connectivity index (χ4n) is 4.13. The summed E-state index contributed by atoms with van der Waals surface area (Å²) in [6.45, 7) is 6.13. The van der Waals surface area contributed by atoms with Crippen LogP contribution in [-0.4, -0.2) is 36.6 Å². The summed E-state index contributed by atoms with van der Waals surface area (Å²) in [6.07, 6.45) is 8.17. The van der Waals surface area contributed by atoms with Crippen molar-refractivity contribution in [2.45, 2.75) is 57.5 Å². The van der Waals surface area contributed by atoms with Gasteiger partial charge < -0.3 is 5.32 Å². The first-order valence-corrected chi connectivity index (χ1v) is 8.82. The second-order valence-electron chi connectivity index (χ2n) is 7.11. The number of benzene rings is 1. The summed E-state index contributed by atoms with van der Waals surface area (Å²) in [6, 6.07) is 12.4. The Hall–Kier alpha value is -0.860. The summed E-state index contributed by atoms with van der Waals surface area (Å²) >= 11 is 0. The van der Waals surface area contributed by atoms with Crippen molar-refractivity contribution in [1.82, 2.24) is 10.2 Å². The Bertz CT molecular complexity index is 417. The third-order valence-electron chi connectivity index (χ3n) is 5.26. The first-order chi connectivity index (χ1) is 10.3. The molecule has 116 valence electrons. The smallest absolute Gasteiger partial charge is 0.0235 e. The van der Waals surface area contributed by atoms with Crippen LogP contribution in [-0.2, 0) is 6.42 Å². The Morgan fingerprint density at radius 2 is 2.00 bits per heavy atom. The zero-order chi connectivity index (χ0) is 14.5. The van der Waals surface area contributed by atoms with Gasteiger partial charge in [0.05, 0.1) is 0 Å². The first kappa shape index (κ1) is 15.1. The third-order valence-corrected chi connectivity index (χ3v) is 5.26. The van der Waals surface area contributed by atoms with E-state index in [4.69, 9.17) is 0 Å². The molecule has 2 heteroatoms. The molecule has 3 rings (SSSR count). The Morgan fingerprint density at radius 3 is 2.81 bits per heavy atom. The molecular weight excluding hydrogens is 256 g/mol. The molecule has 1 N–H and O–H groups in total. The van der Waals surface area contributed by atoms with Crippen LogP contribution in [0.4, 0.5) is 0 Å². The van der Waals surface area contributed by atoms with E-state index in [1.54, 1.807) is 0 Å². The number of nitrogens with zero attached hydrogens (tertiary/aromatic N) is 1. The fraction of sp³-hybridized carbons (Fsp3) is 0.684. The van der Waals surface area contributed by atoms with E-state index in [9.17, 15) is 0 Å². The van der Waals surface area contributed by atoms with Gasteiger partial charge in [0.2, 0.25) is 0 Å². The summed E-state index contributed by atoms with van der Waals surface area (Å²) in [4.78, 5) is 2.79. The molecule has 0 aromatic heterocycles. The Morgan fingerprint density at radius 1 is 1.14 bits per heavy atom. The third kappa shape index (κ3) is 4.31. The van der Waals surface area contributed by atoms with Crippen LogP contribution < -0.4 is 5.32 Å². The largest absolute Gasteiger partial charge is 0.312 e. The molecule has 21 heavy (non-hydrogen) atoms. The van der Waals surface area contributed by atoms with E-state index in [1.807, 2.05) is 0 Å². The Kier molecular flexibility index (Phi) is 5.32. The van der Waals surface area contributed by atoms with Crippen LogP contribution in [0.15, 0.2) is 30.3 Å². The molecule has 2 nitrogen and oxygen atoms in total. The van der Waals surface area contributed by atoms with Crippen LogP contribution >= 0.6 is 0 Å². The maximum atomic E-state index is 3.77. The van der Waals surface area contributed by atoms with Crippen molar-refractivity contribution < 1.29 is 0 Å². The SMILES string of the molecule is CC1CCCC(N2CCCNC(Cc3ccccc3)C2)C1. The van der Waals surface area contributed by atoms with Crippen LogP contribution in [0.25, 0.3) is 0 Å². The summed E-state index contributed by atoms with van der Waals surface area (Å²) in [5.41, 5.74) is 1.47. The van der Waals surface area contributed by atoms with Gasteiger partial charge in [-0.1, -0.05) is 50.1 Å². The highest BCUT2D eigenvalue weighted by atomic mass is 15.2. The van der Waals surface area contributed by atoms with E-state index in [0.29, 0.717) is 6.04 Å². The minimum atomic E-state index is 0.618. The quantitative estimate of drug-likeness (QED) is 0.915. The van der Waals surface area contributed by atoms with E-state index in [0.717, 1.165) is 12.0 Å². The Labute approximate surface area is 129 Å². The van der Waals surface area contributed by atoms with Crippen molar-refractivity contribution in [3.8, 4) is 0 Å². The van der Waals surface area contributed by atoms with Crippen LogP contribution in [0.5, 0.6) is 0 Å². The molecule has 1 saturated heterocycles. The molecular formula is C19H30N2. The fourth-order valence-corrected chi connectivity index (χ4v) is 4.13. The van der Waals surface area contributed by atoms with Gasteiger partial charge in [-0.05, 0) is 50.3 Å². The van der Waals surface area contributed by atoms with Gasteiger partial charge in [0, 0.05) is 18.6 Å². The molecule has 1 aliphatic heterocycles. The minimum Gasteiger partial charge on any atom is -0.312 e. The predicted molar refractivity (Wildman–Crippen MR) is 89.5 cm³/mol. The van der Waals surface area contributed by atoms with Gasteiger partial charge in [-0.2, -0.15) is 0 Å². The molecule has 1 aromatic carbocycles. The number of nitrogens with one attached hydrogen (secondary N) is 1. The molecule has 2 aliphatic rings. The second kappa shape index (κ2) is 7.42. The second-order valence-corrected chi connectivity index (χ2v) is 7.11. The van der Waals surface area contributed by atoms with Crippen LogP contribution in [0.2, 0.25) is 0 Å². The minimum absolute atomic E-state index is 0.618.